The molecule has 19 heavy (non-hydrogen) atoms. The molecule has 1 atom stereocenters. The van der Waals surface area contributed by atoms with E-state index in [2.05, 4.69) is 5.10 Å². The molecule has 3 nitrogen and oxygen atoms in total. The lowest BCUT2D eigenvalue weighted by Gasteiger charge is -2.08. The first-order chi connectivity index (χ1) is 8.79. The zero-order valence-electron chi connectivity index (χ0n) is 10.6. The van der Waals surface area contributed by atoms with E-state index in [0.717, 1.165) is 17.7 Å². The third kappa shape index (κ3) is 2.78. The van der Waals surface area contributed by atoms with Gasteiger partial charge in [0, 0.05) is 24.8 Å². The smallest absolute Gasteiger partial charge is 0.323 e. The third-order valence-electron chi connectivity index (χ3n) is 2.81. The van der Waals surface area contributed by atoms with E-state index < -0.39 is 11.7 Å². The van der Waals surface area contributed by atoms with Crippen molar-refractivity contribution in [2.75, 3.05) is 0 Å². The van der Waals surface area contributed by atoms with Crippen molar-refractivity contribution in [2.24, 2.45) is 12.8 Å². The van der Waals surface area contributed by atoms with Crippen molar-refractivity contribution in [3.63, 3.8) is 0 Å². The van der Waals surface area contributed by atoms with E-state index in [1.807, 2.05) is 0 Å². The van der Waals surface area contributed by atoms with E-state index in [9.17, 15) is 13.2 Å². The molecule has 0 radical (unpaired) electrons. The fourth-order valence-electron chi connectivity index (χ4n) is 1.90. The number of benzene rings is 1. The number of nitrogens with two attached hydrogens (primary N) is 1. The van der Waals surface area contributed by atoms with Gasteiger partial charge in [-0.1, -0.05) is 12.1 Å². The van der Waals surface area contributed by atoms with Crippen LogP contribution in [0.5, 0.6) is 0 Å². The van der Waals surface area contributed by atoms with Crippen LogP contribution in [-0.2, 0) is 13.2 Å². The Balaban J connectivity index is 2.43. The largest absolute Gasteiger partial charge is 0.416 e. The van der Waals surface area contributed by atoms with Crippen molar-refractivity contribution in [1.29, 1.82) is 0 Å². The van der Waals surface area contributed by atoms with Crippen LogP contribution in [0, 0.1) is 0 Å². The summed E-state index contributed by atoms with van der Waals surface area (Å²) in [5, 5.41) is 4.23. The quantitative estimate of drug-likeness (QED) is 0.910. The first-order valence-electron chi connectivity index (χ1n) is 5.76. The summed E-state index contributed by atoms with van der Waals surface area (Å²) < 4.78 is 39.1. The molecule has 0 aliphatic carbocycles. The van der Waals surface area contributed by atoms with Gasteiger partial charge in [-0.25, -0.2) is 0 Å². The molecule has 0 saturated carbocycles. The lowest BCUT2D eigenvalue weighted by atomic mass is 10.0. The maximum atomic E-state index is 12.5. The van der Waals surface area contributed by atoms with Gasteiger partial charge >= 0.3 is 6.18 Å². The lowest BCUT2D eigenvalue weighted by Crippen LogP contribution is -2.08. The zero-order chi connectivity index (χ0) is 14.2. The number of rotatable bonds is 2. The number of halogens is 3. The summed E-state index contributed by atoms with van der Waals surface area (Å²) >= 11 is 0. The van der Waals surface area contributed by atoms with Gasteiger partial charge in [0.05, 0.1) is 11.3 Å². The Labute approximate surface area is 108 Å². The molecule has 0 fully saturated rings. The molecule has 0 aliphatic heterocycles. The van der Waals surface area contributed by atoms with Crippen molar-refractivity contribution >= 4 is 0 Å². The van der Waals surface area contributed by atoms with E-state index in [0.29, 0.717) is 11.3 Å². The van der Waals surface area contributed by atoms with Gasteiger partial charge in [-0.3, -0.25) is 4.68 Å². The van der Waals surface area contributed by atoms with Gasteiger partial charge in [0.2, 0.25) is 0 Å². The van der Waals surface area contributed by atoms with Crippen LogP contribution in [-0.4, -0.2) is 9.78 Å². The molecule has 0 saturated heterocycles. The van der Waals surface area contributed by atoms with Crippen LogP contribution >= 0.6 is 0 Å². The van der Waals surface area contributed by atoms with Crippen LogP contribution in [0.3, 0.4) is 0 Å². The van der Waals surface area contributed by atoms with Gasteiger partial charge in [-0.05, 0) is 24.6 Å². The number of hydrogen-bond donors (Lipinski definition) is 1. The van der Waals surface area contributed by atoms with Gasteiger partial charge in [0.1, 0.15) is 0 Å². The van der Waals surface area contributed by atoms with E-state index in [4.69, 9.17) is 5.73 Å². The van der Waals surface area contributed by atoms with Crippen molar-refractivity contribution in [1.82, 2.24) is 9.78 Å². The number of aromatic nitrogens is 2. The second-order valence-electron chi connectivity index (χ2n) is 4.47. The van der Waals surface area contributed by atoms with Crippen LogP contribution in [0.1, 0.15) is 24.2 Å². The maximum absolute atomic E-state index is 12.5. The molecule has 2 aromatic rings. The molecule has 0 aliphatic rings. The van der Waals surface area contributed by atoms with Crippen molar-refractivity contribution in [3.05, 3.63) is 41.7 Å². The van der Waals surface area contributed by atoms with Gasteiger partial charge in [-0.15, -0.1) is 0 Å². The SMILES string of the molecule is CC(N)c1nn(C)cc1-c1ccc(C(F)(F)F)cc1. The first kappa shape index (κ1) is 13.6. The summed E-state index contributed by atoms with van der Waals surface area (Å²) in [6.07, 6.45) is -2.57. The molecule has 2 N–H and O–H groups in total. The summed E-state index contributed by atoms with van der Waals surface area (Å²) in [4.78, 5) is 0. The first-order valence-corrected chi connectivity index (χ1v) is 5.76. The van der Waals surface area contributed by atoms with E-state index in [1.54, 1.807) is 24.9 Å². The second-order valence-corrected chi connectivity index (χ2v) is 4.47. The van der Waals surface area contributed by atoms with Crippen molar-refractivity contribution in [3.8, 4) is 11.1 Å². The minimum Gasteiger partial charge on any atom is -0.323 e. The van der Waals surface area contributed by atoms with Crippen molar-refractivity contribution < 1.29 is 13.2 Å². The highest BCUT2D eigenvalue weighted by Gasteiger charge is 2.30. The Hall–Kier alpha value is -1.82. The normalized spacial score (nSPS) is 13.6. The maximum Gasteiger partial charge on any atom is 0.416 e. The minimum absolute atomic E-state index is 0.279. The molecular formula is C13H14F3N3. The molecule has 1 aromatic carbocycles. The zero-order valence-corrected chi connectivity index (χ0v) is 10.6. The molecule has 0 bridgehead atoms. The highest BCUT2D eigenvalue weighted by molar-refractivity contribution is 5.66. The average Bonchev–Trinajstić information content (AvgIpc) is 2.70. The van der Waals surface area contributed by atoms with Gasteiger partial charge in [0.15, 0.2) is 0 Å². The Bertz CT molecular complexity index is 568. The Kier molecular flexibility index (Phi) is 3.36. The topological polar surface area (TPSA) is 43.8 Å². The summed E-state index contributed by atoms with van der Waals surface area (Å²) in [7, 11) is 1.75. The summed E-state index contributed by atoms with van der Waals surface area (Å²) in [6.45, 7) is 1.79. The number of aryl methyl sites for hydroxylation is 1. The van der Waals surface area contributed by atoms with E-state index in [1.165, 1.54) is 12.1 Å². The molecule has 1 unspecified atom stereocenters. The highest BCUT2D eigenvalue weighted by Crippen LogP contribution is 2.32. The lowest BCUT2D eigenvalue weighted by molar-refractivity contribution is -0.137. The molecule has 0 spiro atoms. The summed E-state index contributed by atoms with van der Waals surface area (Å²) in [6, 6.07) is 4.72. The highest BCUT2D eigenvalue weighted by atomic mass is 19.4. The molecular weight excluding hydrogens is 255 g/mol. The second kappa shape index (κ2) is 4.70. The summed E-state index contributed by atoms with van der Waals surface area (Å²) in [5.74, 6) is 0. The number of hydrogen-bond acceptors (Lipinski definition) is 2. The average molecular weight is 269 g/mol. The Morgan fingerprint density at radius 2 is 1.79 bits per heavy atom. The monoisotopic (exact) mass is 269 g/mol. The minimum atomic E-state index is -4.32. The summed E-state index contributed by atoms with van der Waals surface area (Å²) in [5.41, 5.74) is 7.24. The predicted molar refractivity (Wildman–Crippen MR) is 66.2 cm³/mol. The molecule has 1 aromatic heterocycles. The molecule has 2 rings (SSSR count). The predicted octanol–water partition coefficient (Wildman–Crippen LogP) is 3.13. The van der Waals surface area contributed by atoms with Crippen LogP contribution in [0.4, 0.5) is 13.2 Å². The fourth-order valence-corrected chi connectivity index (χ4v) is 1.90. The fraction of sp³-hybridized carbons (Fsp3) is 0.308. The van der Waals surface area contributed by atoms with Crippen molar-refractivity contribution in [2.45, 2.75) is 19.1 Å². The molecule has 1 heterocycles. The Morgan fingerprint density at radius 3 is 2.26 bits per heavy atom. The third-order valence-corrected chi connectivity index (χ3v) is 2.81. The van der Waals surface area contributed by atoms with Gasteiger partial charge in [0.25, 0.3) is 0 Å². The van der Waals surface area contributed by atoms with E-state index >= 15 is 0 Å². The number of alkyl halides is 3. The van der Waals surface area contributed by atoms with Crippen LogP contribution in [0.25, 0.3) is 11.1 Å². The van der Waals surface area contributed by atoms with Gasteiger partial charge < -0.3 is 5.73 Å². The van der Waals surface area contributed by atoms with Crippen LogP contribution in [0.2, 0.25) is 0 Å². The Morgan fingerprint density at radius 1 is 1.21 bits per heavy atom. The molecule has 102 valence electrons. The molecule has 6 heteroatoms. The van der Waals surface area contributed by atoms with E-state index in [-0.39, 0.29) is 6.04 Å². The molecule has 0 amide bonds. The van der Waals surface area contributed by atoms with Gasteiger partial charge in [-0.2, -0.15) is 18.3 Å². The van der Waals surface area contributed by atoms with Crippen LogP contribution in [0.15, 0.2) is 30.5 Å². The number of nitrogens with zero attached hydrogens (tertiary/aromatic N) is 2. The standard InChI is InChI=1S/C13H14F3N3/c1-8(17)12-11(7-19(2)18-12)9-3-5-10(6-4-9)13(14,15)16/h3-8H,17H2,1-2H3. The van der Waals surface area contributed by atoms with Crippen LogP contribution < -0.4 is 5.73 Å².